The molecule has 4 rings (SSSR count). The highest BCUT2D eigenvalue weighted by atomic mass is 16.5. The number of pyridine rings is 1. The zero-order chi connectivity index (χ0) is 23.0. The van der Waals surface area contributed by atoms with Crippen molar-refractivity contribution >= 4 is 5.91 Å². The highest BCUT2D eigenvalue weighted by Crippen LogP contribution is 2.23. The van der Waals surface area contributed by atoms with Crippen LogP contribution in [-0.2, 0) is 22.5 Å². The minimum absolute atomic E-state index is 0.0141. The third-order valence-corrected chi connectivity index (χ3v) is 5.81. The van der Waals surface area contributed by atoms with E-state index in [-0.39, 0.29) is 31.1 Å². The molecule has 1 amide bonds. The van der Waals surface area contributed by atoms with Gasteiger partial charge in [-0.15, -0.1) is 5.10 Å². The van der Waals surface area contributed by atoms with Gasteiger partial charge in [0, 0.05) is 24.0 Å². The second-order valence-electron chi connectivity index (χ2n) is 8.11. The summed E-state index contributed by atoms with van der Waals surface area (Å²) < 4.78 is 13.1. The summed E-state index contributed by atoms with van der Waals surface area (Å²) in [5.41, 5.74) is 2.48. The average Bonchev–Trinajstić information content (AvgIpc) is 3.33. The molecule has 3 atom stereocenters. The maximum Gasteiger partial charge on any atom is 0.226 e. The van der Waals surface area contributed by atoms with E-state index in [1.807, 2.05) is 48.7 Å². The quantitative estimate of drug-likeness (QED) is 0.512. The predicted molar refractivity (Wildman–Crippen MR) is 121 cm³/mol. The molecule has 3 aromatic rings. The lowest BCUT2D eigenvalue weighted by molar-refractivity contribution is -0.128. The molecule has 1 fully saturated rings. The second-order valence-corrected chi connectivity index (χ2v) is 8.11. The van der Waals surface area contributed by atoms with Crippen LogP contribution in [0.25, 0.3) is 11.3 Å². The SMILES string of the molecule is COc1ccc(-c2cn(CC[C@@H]3CC[C@@H](NC(=O)Cc4ccccn4)[C@@H](CO)O3)nn2)cc1. The summed E-state index contributed by atoms with van der Waals surface area (Å²) in [5, 5.41) is 21.3. The van der Waals surface area contributed by atoms with Crippen LogP contribution in [0.1, 0.15) is 25.0 Å². The Hall–Kier alpha value is -3.30. The van der Waals surface area contributed by atoms with Crippen molar-refractivity contribution in [2.24, 2.45) is 0 Å². The van der Waals surface area contributed by atoms with Gasteiger partial charge in [-0.1, -0.05) is 11.3 Å². The maximum atomic E-state index is 12.4. The molecule has 0 aliphatic carbocycles. The molecule has 0 spiro atoms. The summed E-state index contributed by atoms with van der Waals surface area (Å²) in [6.07, 6.45) is 5.64. The van der Waals surface area contributed by atoms with Crippen LogP contribution in [0.15, 0.2) is 54.9 Å². The number of hydrogen-bond donors (Lipinski definition) is 2. The Kier molecular flexibility index (Phi) is 7.64. The first-order valence-electron chi connectivity index (χ1n) is 11.1. The van der Waals surface area contributed by atoms with Gasteiger partial charge in [-0.05, 0) is 55.7 Å². The van der Waals surface area contributed by atoms with E-state index in [1.54, 1.807) is 18.0 Å². The number of hydrogen-bond acceptors (Lipinski definition) is 7. The number of aromatic nitrogens is 4. The van der Waals surface area contributed by atoms with E-state index in [9.17, 15) is 9.90 Å². The summed E-state index contributed by atoms with van der Waals surface area (Å²) in [5.74, 6) is 0.679. The molecule has 0 unspecified atom stereocenters. The molecule has 2 aromatic heterocycles. The topological polar surface area (TPSA) is 111 Å². The van der Waals surface area contributed by atoms with Crippen molar-refractivity contribution in [3.8, 4) is 17.0 Å². The van der Waals surface area contributed by atoms with Crippen LogP contribution in [0, 0.1) is 0 Å². The van der Waals surface area contributed by atoms with Crippen LogP contribution >= 0.6 is 0 Å². The molecule has 0 bridgehead atoms. The van der Waals surface area contributed by atoms with Gasteiger partial charge in [0.05, 0.1) is 38.5 Å². The van der Waals surface area contributed by atoms with E-state index in [1.165, 1.54) is 0 Å². The smallest absolute Gasteiger partial charge is 0.226 e. The zero-order valence-electron chi connectivity index (χ0n) is 18.6. The van der Waals surface area contributed by atoms with Crippen molar-refractivity contribution in [2.45, 2.75) is 50.5 Å². The van der Waals surface area contributed by atoms with Gasteiger partial charge in [0.25, 0.3) is 0 Å². The van der Waals surface area contributed by atoms with Crippen molar-refractivity contribution in [2.75, 3.05) is 13.7 Å². The molecule has 174 valence electrons. The standard InChI is InChI=1S/C24H29N5O4/c1-32-19-7-5-17(6-8-19)22-15-29(28-27-22)13-11-20-9-10-21(23(16-30)33-20)26-24(31)14-18-4-2-3-12-25-18/h2-8,12,15,20-21,23,30H,9-11,13-14,16H2,1H3,(H,26,31)/t20-,21+,23+/m0/s1. The summed E-state index contributed by atoms with van der Waals surface area (Å²) >= 11 is 0. The molecule has 1 aromatic carbocycles. The first-order valence-corrected chi connectivity index (χ1v) is 11.1. The second kappa shape index (κ2) is 11.0. The average molecular weight is 452 g/mol. The third-order valence-electron chi connectivity index (χ3n) is 5.81. The molecule has 33 heavy (non-hydrogen) atoms. The highest BCUT2D eigenvalue weighted by molar-refractivity contribution is 5.78. The van der Waals surface area contributed by atoms with Crippen molar-refractivity contribution in [1.82, 2.24) is 25.3 Å². The lowest BCUT2D eigenvalue weighted by atomic mass is 9.97. The fourth-order valence-corrected chi connectivity index (χ4v) is 4.01. The number of nitrogens with zero attached hydrogens (tertiary/aromatic N) is 4. The van der Waals surface area contributed by atoms with Crippen LogP contribution in [0.5, 0.6) is 5.75 Å². The predicted octanol–water partition coefficient (Wildman–Crippen LogP) is 2.01. The number of methoxy groups -OCH3 is 1. The number of amides is 1. The van der Waals surface area contributed by atoms with E-state index >= 15 is 0 Å². The van der Waals surface area contributed by atoms with Gasteiger partial charge in [-0.3, -0.25) is 14.5 Å². The molecule has 1 saturated heterocycles. The monoisotopic (exact) mass is 451 g/mol. The van der Waals surface area contributed by atoms with Crippen LogP contribution in [0.4, 0.5) is 0 Å². The van der Waals surface area contributed by atoms with Gasteiger partial charge in [-0.2, -0.15) is 0 Å². The lowest BCUT2D eigenvalue weighted by Crippen LogP contribution is -2.51. The third kappa shape index (κ3) is 6.15. The lowest BCUT2D eigenvalue weighted by Gasteiger charge is -2.36. The molecule has 9 heteroatoms. The Morgan fingerprint density at radius 1 is 1.24 bits per heavy atom. The number of benzene rings is 1. The van der Waals surface area contributed by atoms with Crippen LogP contribution in [0.3, 0.4) is 0 Å². The van der Waals surface area contributed by atoms with Crippen molar-refractivity contribution in [3.63, 3.8) is 0 Å². The van der Waals surface area contributed by atoms with E-state index in [0.717, 1.165) is 36.3 Å². The van der Waals surface area contributed by atoms with Crippen LogP contribution in [-0.4, -0.2) is 63.0 Å². The normalized spacial score (nSPS) is 20.4. The number of carbonyl (C=O) groups is 1. The fourth-order valence-electron chi connectivity index (χ4n) is 4.01. The molecule has 1 aliphatic heterocycles. The molecular weight excluding hydrogens is 422 g/mol. The summed E-state index contributed by atoms with van der Waals surface area (Å²) in [7, 11) is 1.64. The van der Waals surface area contributed by atoms with E-state index in [2.05, 4.69) is 20.6 Å². The molecule has 3 heterocycles. The summed E-state index contributed by atoms with van der Waals surface area (Å²) in [4.78, 5) is 16.6. The number of ether oxygens (including phenoxy) is 2. The Morgan fingerprint density at radius 2 is 2.09 bits per heavy atom. The van der Waals surface area contributed by atoms with E-state index in [4.69, 9.17) is 9.47 Å². The minimum atomic E-state index is -0.429. The molecule has 2 N–H and O–H groups in total. The van der Waals surface area contributed by atoms with Crippen molar-refractivity contribution in [3.05, 3.63) is 60.6 Å². The minimum Gasteiger partial charge on any atom is -0.497 e. The number of nitrogens with one attached hydrogen (secondary N) is 1. The zero-order valence-corrected chi connectivity index (χ0v) is 18.6. The van der Waals surface area contributed by atoms with Gasteiger partial charge in [-0.25, -0.2) is 0 Å². The summed E-state index contributed by atoms with van der Waals surface area (Å²) in [6.45, 7) is 0.513. The maximum absolute atomic E-state index is 12.4. The first kappa shape index (κ1) is 22.9. The Morgan fingerprint density at radius 3 is 2.82 bits per heavy atom. The highest BCUT2D eigenvalue weighted by Gasteiger charge is 2.31. The largest absolute Gasteiger partial charge is 0.497 e. The Balaban J connectivity index is 1.26. The Labute approximate surface area is 192 Å². The fraction of sp³-hybridized carbons (Fsp3) is 0.417. The van der Waals surface area contributed by atoms with Crippen LogP contribution < -0.4 is 10.1 Å². The van der Waals surface area contributed by atoms with Gasteiger partial charge in [0.15, 0.2) is 0 Å². The van der Waals surface area contributed by atoms with Crippen molar-refractivity contribution in [1.29, 1.82) is 0 Å². The van der Waals surface area contributed by atoms with E-state index < -0.39 is 6.10 Å². The first-order chi connectivity index (χ1) is 16.1. The van der Waals surface area contributed by atoms with Crippen molar-refractivity contribution < 1.29 is 19.4 Å². The molecule has 0 radical (unpaired) electrons. The van der Waals surface area contributed by atoms with Gasteiger partial charge in [0.1, 0.15) is 17.5 Å². The molecular formula is C24H29N5O4. The van der Waals surface area contributed by atoms with Crippen LogP contribution in [0.2, 0.25) is 0 Å². The van der Waals surface area contributed by atoms with Gasteiger partial charge < -0.3 is 19.9 Å². The molecule has 9 nitrogen and oxygen atoms in total. The number of carbonyl (C=O) groups excluding carboxylic acids is 1. The number of rotatable bonds is 9. The van der Waals surface area contributed by atoms with E-state index in [0.29, 0.717) is 12.2 Å². The Bertz CT molecular complexity index is 1020. The number of aliphatic hydroxyl groups excluding tert-OH is 1. The molecule has 1 aliphatic rings. The van der Waals surface area contributed by atoms with Gasteiger partial charge in [0.2, 0.25) is 5.91 Å². The molecule has 0 saturated carbocycles. The number of aliphatic hydroxyl groups is 1. The van der Waals surface area contributed by atoms with Gasteiger partial charge >= 0.3 is 0 Å². The number of aryl methyl sites for hydroxylation is 1. The summed E-state index contributed by atoms with van der Waals surface area (Å²) in [6, 6.07) is 13.0.